The molecule has 0 bridgehead atoms. The first-order valence-electron chi connectivity index (χ1n) is 8.14. The van der Waals surface area contributed by atoms with Crippen LogP contribution in [0.5, 0.6) is 5.75 Å². The van der Waals surface area contributed by atoms with Crippen molar-refractivity contribution in [2.75, 3.05) is 12.4 Å². The van der Waals surface area contributed by atoms with Crippen LogP contribution in [0, 0.1) is 0 Å². The number of nitrogens with one attached hydrogen (secondary N) is 1. The maximum Gasteiger partial charge on any atom is 0.223 e. The maximum absolute atomic E-state index is 11.1. The smallest absolute Gasteiger partial charge is 0.223 e. The Bertz CT molecular complexity index is 951. The van der Waals surface area contributed by atoms with Crippen molar-refractivity contribution in [1.29, 1.82) is 0 Å². The summed E-state index contributed by atoms with van der Waals surface area (Å²) in [6, 6.07) is 7.71. The van der Waals surface area contributed by atoms with Gasteiger partial charge in [-0.15, -0.1) is 28.1 Å². The second kappa shape index (κ2) is 8.83. The number of ether oxygens (including phenoxy) is 1. The lowest BCUT2D eigenvalue weighted by Crippen LogP contribution is -2.05. The number of rotatable bonds is 8. The van der Waals surface area contributed by atoms with Crippen LogP contribution in [0.25, 0.3) is 11.4 Å². The molecule has 27 heavy (non-hydrogen) atoms. The number of benzene rings is 1. The van der Waals surface area contributed by atoms with Gasteiger partial charge in [-0.25, -0.2) is 4.98 Å². The number of thioether (sulfide) groups is 1. The molecule has 2 heterocycles. The van der Waals surface area contributed by atoms with E-state index in [1.165, 1.54) is 30.0 Å². The molecular formula is C18H19N5O2S2. The number of aromatic nitrogens is 4. The summed E-state index contributed by atoms with van der Waals surface area (Å²) in [4.78, 5) is 15.5. The summed E-state index contributed by atoms with van der Waals surface area (Å²) in [6.45, 7) is 5.88. The Morgan fingerprint density at radius 2 is 2.22 bits per heavy atom. The number of carbonyl (C=O) groups excluding carboxylic acids is 1. The van der Waals surface area contributed by atoms with Crippen molar-refractivity contribution < 1.29 is 9.53 Å². The summed E-state index contributed by atoms with van der Waals surface area (Å²) in [5, 5.41) is 14.7. The fourth-order valence-electron chi connectivity index (χ4n) is 2.44. The maximum atomic E-state index is 11.1. The summed E-state index contributed by atoms with van der Waals surface area (Å²) in [6.07, 6.45) is 1.81. The Hall–Kier alpha value is -2.65. The molecule has 0 aliphatic heterocycles. The number of hydrogen-bond donors (Lipinski definition) is 1. The number of nitrogens with zero attached hydrogens (tertiary/aromatic N) is 4. The highest BCUT2D eigenvalue weighted by Crippen LogP contribution is 2.32. The number of anilines is 1. The summed E-state index contributed by atoms with van der Waals surface area (Å²) in [5.41, 5.74) is 1.75. The largest absolute Gasteiger partial charge is 0.496 e. The van der Waals surface area contributed by atoms with Gasteiger partial charge >= 0.3 is 0 Å². The molecule has 0 saturated heterocycles. The first kappa shape index (κ1) is 19.1. The molecule has 0 fully saturated rings. The van der Waals surface area contributed by atoms with Gasteiger partial charge in [-0.2, -0.15) is 0 Å². The van der Waals surface area contributed by atoms with E-state index in [0.29, 0.717) is 17.4 Å². The van der Waals surface area contributed by atoms with E-state index in [2.05, 4.69) is 27.1 Å². The molecule has 9 heteroatoms. The Balaban J connectivity index is 1.82. The molecule has 140 valence electrons. The van der Waals surface area contributed by atoms with Gasteiger partial charge in [0, 0.05) is 24.6 Å². The minimum absolute atomic E-state index is 0.129. The van der Waals surface area contributed by atoms with E-state index in [1.807, 2.05) is 40.3 Å². The van der Waals surface area contributed by atoms with Crippen LogP contribution in [0.1, 0.15) is 12.6 Å². The summed E-state index contributed by atoms with van der Waals surface area (Å²) >= 11 is 2.94. The number of hydrogen-bond acceptors (Lipinski definition) is 7. The normalized spacial score (nSPS) is 10.6. The third-order valence-electron chi connectivity index (χ3n) is 3.56. The summed E-state index contributed by atoms with van der Waals surface area (Å²) in [5.74, 6) is 1.96. The van der Waals surface area contributed by atoms with Gasteiger partial charge < -0.3 is 10.1 Å². The zero-order chi connectivity index (χ0) is 19.2. The fourth-order valence-corrected chi connectivity index (χ4v) is 4.14. The van der Waals surface area contributed by atoms with E-state index in [1.54, 1.807) is 7.11 Å². The van der Waals surface area contributed by atoms with Gasteiger partial charge in [0.15, 0.2) is 16.1 Å². The van der Waals surface area contributed by atoms with Crippen molar-refractivity contribution in [2.45, 2.75) is 24.4 Å². The van der Waals surface area contributed by atoms with Gasteiger partial charge in [-0.05, 0) is 12.1 Å². The number of allylic oxidation sites excluding steroid dienone is 1. The number of methoxy groups -OCH3 is 1. The van der Waals surface area contributed by atoms with E-state index < -0.39 is 0 Å². The van der Waals surface area contributed by atoms with E-state index in [0.717, 1.165) is 28.0 Å². The minimum atomic E-state index is -0.129. The SMILES string of the molecule is C=CCn1c(SCc2csc(NC(C)=O)n2)nnc1-c1ccccc1OC. The molecule has 3 rings (SSSR count). The zero-order valence-corrected chi connectivity index (χ0v) is 16.6. The minimum Gasteiger partial charge on any atom is -0.496 e. The predicted octanol–water partition coefficient (Wildman–Crippen LogP) is 3.85. The molecule has 0 saturated carbocycles. The number of thiazole rings is 1. The van der Waals surface area contributed by atoms with Crippen molar-refractivity contribution in [3.8, 4) is 17.1 Å². The third-order valence-corrected chi connectivity index (χ3v) is 5.37. The van der Waals surface area contributed by atoms with Crippen molar-refractivity contribution in [3.05, 3.63) is 48.0 Å². The molecule has 0 aliphatic carbocycles. The van der Waals surface area contributed by atoms with Crippen LogP contribution >= 0.6 is 23.1 Å². The topological polar surface area (TPSA) is 81.9 Å². The fraction of sp³-hybridized carbons (Fsp3) is 0.222. The van der Waals surface area contributed by atoms with Crippen molar-refractivity contribution in [3.63, 3.8) is 0 Å². The van der Waals surface area contributed by atoms with Crippen LogP contribution in [-0.2, 0) is 17.1 Å². The second-order valence-electron chi connectivity index (χ2n) is 5.52. The molecule has 2 aromatic heterocycles. The molecule has 0 unspecified atom stereocenters. The number of amides is 1. The highest BCUT2D eigenvalue weighted by Gasteiger charge is 2.17. The van der Waals surface area contributed by atoms with Gasteiger partial charge in [0.25, 0.3) is 0 Å². The quantitative estimate of drug-likeness (QED) is 0.456. The molecule has 0 radical (unpaired) electrons. The molecule has 1 N–H and O–H groups in total. The molecule has 0 spiro atoms. The van der Waals surface area contributed by atoms with Crippen LogP contribution in [0.15, 0.2) is 47.5 Å². The lowest BCUT2D eigenvalue weighted by molar-refractivity contribution is -0.114. The number of carbonyl (C=O) groups is 1. The lowest BCUT2D eigenvalue weighted by Gasteiger charge is -2.10. The molecular weight excluding hydrogens is 382 g/mol. The first-order chi connectivity index (χ1) is 13.1. The van der Waals surface area contributed by atoms with Crippen molar-refractivity contribution in [2.24, 2.45) is 0 Å². The average Bonchev–Trinajstić information content (AvgIpc) is 3.26. The van der Waals surface area contributed by atoms with Gasteiger partial charge in [0.05, 0.1) is 18.4 Å². The summed E-state index contributed by atoms with van der Waals surface area (Å²) in [7, 11) is 1.64. The van der Waals surface area contributed by atoms with E-state index in [4.69, 9.17) is 4.74 Å². The van der Waals surface area contributed by atoms with Crippen molar-refractivity contribution in [1.82, 2.24) is 19.7 Å². The number of para-hydroxylation sites is 1. The Morgan fingerprint density at radius 3 is 2.96 bits per heavy atom. The monoisotopic (exact) mass is 401 g/mol. The average molecular weight is 402 g/mol. The van der Waals surface area contributed by atoms with Crippen LogP contribution in [0.3, 0.4) is 0 Å². The van der Waals surface area contributed by atoms with Crippen molar-refractivity contribution >= 4 is 34.1 Å². The van der Waals surface area contributed by atoms with Crippen LogP contribution in [0.4, 0.5) is 5.13 Å². The Morgan fingerprint density at radius 1 is 1.41 bits per heavy atom. The Kier molecular flexibility index (Phi) is 6.25. The molecule has 3 aromatic rings. The predicted molar refractivity (Wildman–Crippen MR) is 108 cm³/mol. The van der Waals surface area contributed by atoms with Gasteiger partial charge in [0.1, 0.15) is 5.75 Å². The summed E-state index contributed by atoms with van der Waals surface area (Å²) < 4.78 is 7.45. The molecule has 0 aliphatic rings. The highest BCUT2D eigenvalue weighted by atomic mass is 32.2. The van der Waals surface area contributed by atoms with E-state index in [-0.39, 0.29) is 5.91 Å². The lowest BCUT2D eigenvalue weighted by atomic mass is 10.2. The van der Waals surface area contributed by atoms with E-state index >= 15 is 0 Å². The van der Waals surface area contributed by atoms with Gasteiger partial charge in [-0.1, -0.05) is 30.0 Å². The molecule has 1 aromatic carbocycles. The molecule has 7 nitrogen and oxygen atoms in total. The Labute approximate surface area is 165 Å². The van der Waals surface area contributed by atoms with Crippen LogP contribution in [-0.4, -0.2) is 32.8 Å². The highest BCUT2D eigenvalue weighted by molar-refractivity contribution is 7.98. The zero-order valence-electron chi connectivity index (χ0n) is 15.0. The first-order valence-corrected chi connectivity index (χ1v) is 10.0. The second-order valence-corrected chi connectivity index (χ2v) is 7.32. The van der Waals surface area contributed by atoms with Crippen LogP contribution in [0.2, 0.25) is 0 Å². The van der Waals surface area contributed by atoms with Crippen LogP contribution < -0.4 is 10.1 Å². The van der Waals surface area contributed by atoms with Gasteiger partial charge in [-0.3, -0.25) is 9.36 Å². The standard InChI is InChI=1S/C18H19N5O2S2/c1-4-9-23-16(14-7-5-6-8-15(14)25-3)21-22-18(23)27-11-13-10-26-17(20-13)19-12(2)24/h4-8,10H,1,9,11H2,2-3H3,(H,19,20,24). The van der Waals surface area contributed by atoms with E-state index in [9.17, 15) is 4.79 Å². The molecule has 0 atom stereocenters. The van der Waals surface area contributed by atoms with Gasteiger partial charge in [0.2, 0.25) is 5.91 Å². The third kappa shape index (κ3) is 4.55. The molecule has 1 amide bonds.